The zero-order chi connectivity index (χ0) is 11.4. The Hall–Kier alpha value is 0.170. The molecule has 4 heteroatoms. The van der Waals surface area contributed by atoms with Gasteiger partial charge in [-0.1, -0.05) is 40.9 Å². The van der Waals surface area contributed by atoms with Crippen molar-refractivity contribution < 1.29 is 8.42 Å². The Morgan fingerprint density at radius 2 is 1.94 bits per heavy atom. The van der Waals surface area contributed by atoms with Crippen LogP contribution in [0.3, 0.4) is 0 Å². The lowest BCUT2D eigenvalue weighted by Gasteiger charge is -2.50. The van der Waals surface area contributed by atoms with E-state index in [1.54, 1.807) is 0 Å². The molecule has 0 aromatic heterocycles. The second-order valence-corrected chi connectivity index (χ2v) is 9.00. The van der Waals surface area contributed by atoms with E-state index < -0.39 is 9.84 Å². The third kappa shape index (κ3) is 1.45. The Morgan fingerprint density at radius 1 is 1.19 bits per heavy atom. The summed E-state index contributed by atoms with van der Waals surface area (Å²) < 4.78 is 24.0. The highest BCUT2D eigenvalue weighted by atomic mass is 79.9. The molecular weight excluding hydrogens is 288 g/mol. The zero-order valence-electron chi connectivity index (χ0n) is 9.28. The van der Waals surface area contributed by atoms with Gasteiger partial charge < -0.3 is 0 Å². The van der Waals surface area contributed by atoms with Gasteiger partial charge in [0, 0.05) is 10.2 Å². The maximum Gasteiger partial charge on any atom is 0.151 e. The predicted octanol–water partition coefficient (Wildman–Crippen LogP) is 2.69. The van der Waals surface area contributed by atoms with Gasteiger partial charge in [-0.3, -0.25) is 0 Å². The van der Waals surface area contributed by atoms with Crippen molar-refractivity contribution in [2.45, 2.75) is 36.9 Å². The van der Waals surface area contributed by atoms with Gasteiger partial charge in [0.15, 0.2) is 9.84 Å². The van der Waals surface area contributed by atoms with Crippen LogP contribution < -0.4 is 0 Å². The maximum absolute atomic E-state index is 12.0. The van der Waals surface area contributed by atoms with Gasteiger partial charge in [0.25, 0.3) is 0 Å². The summed E-state index contributed by atoms with van der Waals surface area (Å²) in [5.74, 6) is 0.822. The first-order chi connectivity index (χ1) is 7.47. The number of hydrogen-bond acceptors (Lipinski definition) is 2. The van der Waals surface area contributed by atoms with E-state index in [4.69, 9.17) is 0 Å². The third-order valence-electron chi connectivity index (χ3n) is 4.77. The van der Waals surface area contributed by atoms with Crippen molar-refractivity contribution in [3.63, 3.8) is 0 Å². The second kappa shape index (κ2) is 3.35. The summed E-state index contributed by atoms with van der Waals surface area (Å²) in [5, 5.41) is 0. The summed E-state index contributed by atoms with van der Waals surface area (Å²) in [4.78, 5) is 0.368. The van der Waals surface area contributed by atoms with Crippen molar-refractivity contribution >= 4 is 25.8 Å². The van der Waals surface area contributed by atoms with Gasteiger partial charge in [-0.05, 0) is 24.7 Å². The molecule has 0 bridgehead atoms. The average Bonchev–Trinajstić information content (AvgIpc) is 2.42. The molecule has 0 spiro atoms. The van der Waals surface area contributed by atoms with E-state index >= 15 is 0 Å². The lowest BCUT2D eigenvalue weighted by atomic mass is 9.54. The van der Waals surface area contributed by atoms with E-state index in [0.29, 0.717) is 16.3 Å². The highest BCUT2D eigenvalue weighted by molar-refractivity contribution is 9.09. The Labute approximate surface area is 106 Å². The van der Waals surface area contributed by atoms with Gasteiger partial charge in [-0.25, -0.2) is 8.42 Å². The maximum atomic E-state index is 12.0. The van der Waals surface area contributed by atoms with Gasteiger partial charge in [0.05, 0.1) is 11.5 Å². The van der Waals surface area contributed by atoms with Crippen LogP contribution in [-0.2, 0) is 9.84 Å². The summed E-state index contributed by atoms with van der Waals surface area (Å²) in [7, 11) is -2.83. The number of hydrogen-bond donors (Lipinski definition) is 0. The first-order valence-electron chi connectivity index (χ1n) is 6.01. The van der Waals surface area contributed by atoms with Crippen LogP contribution in [0.1, 0.15) is 32.1 Å². The first kappa shape index (κ1) is 11.3. The monoisotopic (exact) mass is 304 g/mol. The smallest absolute Gasteiger partial charge is 0.151 e. The van der Waals surface area contributed by atoms with Crippen LogP contribution in [0.2, 0.25) is 0 Å². The van der Waals surface area contributed by atoms with Crippen molar-refractivity contribution in [3.8, 4) is 0 Å². The quantitative estimate of drug-likeness (QED) is 0.509. The minimum absolute atomic E-state index is 0.0195. The van der Waals surface area contributed by atoms with E-state index in [-0.39, 0.29) is 10.8 Å². The van der Waals surface area contributed by atoms with E-state index in [1.165, 1.54) is 12.8 Å². The fraction of sp³-hybridized carbons (Fsp3) is 0.833. The van der Waals surface area contributed by atoms with Crippen LogP contribution in [0, 0.1) is 10.8 Å². The Kier molecular flexibility index (Phi) is 2.36. The Balaban J connectivity index is 2.13. The van der Waals surface area contributed by atoms with Crippen LogP contribution in [0.25, 0.3) is 0 Å². The van der Waals surface area contributed by atoms with Crippen LogP contribution >= 0.6 is 15.9 Å². The predicted molar refractivity (Wildman–Crippen MR) is 68.5 cm³/mol. The number of halogens is 1. The highest BCUT2D eigenvalue weighted by Gasteiger charge is 2.61. The molecule has 1 aliphatic heterocycles. The van der Waals surface area contributed by atoms with E-state index in [1.807, 2.05) is 0 Å². The molecule has 2 nitrogen and oxygen atoms in total. The molecule has 1 heterocycles. The molecule has 2 aliphatic carbocycles. The second-order valence-electron chi connectivity index (χ2n) is 5.76. The highest BCUT2D eigenvalue weighted by Crippen LogP contribution is 2.62. The topological polar surface area (TPSA) is 34.1 Å². The fourth-order valence-corrected chi connectivity index (χ4v) is 7.72. The molecule has 3 atom stereocenters. The van der Waals surface area contributed by atoms with Gasteiger partial charge in [-0.2, -0.15) is 0 Å². The van der Waals surface area contributed by atoms with Crippen LogP contribution in [-0.4, -0.2) is 24.8 Å². The molecule has 1 saturated heterocycles. The summed E-state index contributed by atoms with van der Waals surface area (Å²) in [5.41, 5.74) is 0.0291. The van der Waals surface area contributed by atoms with Gasteiger partial charge in [0.1, 0.15) is 0 Å². The molecule has 0 amide bonds. The van der Waals surface area contributed by atoms with Gasteiger partial charge in [0.2, 0.25) is 0 Å². The molecule has 3 aliphatic rings. The molecule has 0 aromatic rings. The minimum atomic E-state index is -2.83. The molecule has 0 unspecified atom stereocenters. The van der Waals surface area contributed by atoms with Crippen molar-refractivity contribution in [1.82, 2.24) is 0 Å². The number of sulfone groups is 1. The molecule has 3 rings (SSSR count). The molecule has 0 radical (unpaired) electrons. The molecular formula is C12H17BrO2S. The van der Waals surface area contributed by atoms with Crippen molar-refractivity contribution in [1.29, 1.82) is 0 Å². The van der Waals surface area contributed by atoms with Gasteiger partial charge in [-0.15, -0.1) is 0 Å². The summed E-state index contributed by atoms with van der Waals surface area (Å²) in [6, 6.07) is 0. The van der Waals surface area contributed by atoms with Crippen molar-refractivity contribution in [2.24, 2.45) is 10.8 Å². The number of rotatable bonds is 0. The molecule has 0 N–H and O–H groups in total. The lowest BCUT2D eigenvalue weighted by molar-refractivity contribution is 0.0667. The normalized spacial score (nSPS) is 49.7. The number of allylic oxidation sites excluding steroid dienone is 2. The third-order valence-corrected chi connectivity index (χ3v) is 7.34. The largest absolute Gasteiger partial charge is 0.229 e. The van der Waals surface area contributed by atoms with Crippen molar-refractivity contribution in [2.75, 3.05) is 11.5 Å². The lowest BCUT2D eigenvalue weighted by Crippen LogP contribution is -2.46. The Bertz CT molecular complexity index is 442. The van der Waals surface area contributed by atoms with Crippen molar-refractivity contribution in [3.05, 3.63) is 12.2 Å². The standard InChI is InChI=1S/C12H17BrO2S/c13-10-3-6-11-4-1-2-5-12(11,7-10)9-16(14,15)8-11/h3,6,10H,1-2,4-5,7-9H2/t10-,11-,12-/m0/s1. The molecule has 90 valence electrons. The summed E-state index contributed by atoms with van der Waals surface area (Å²) in [6.07, 6.45) is 9.95. The van der Waals surface area contributed by atoms with E-state index in [0.717, 1.165) is 19.3 Å². The fourth-order valence-electron chi connectivity index (χ4n) is 4.13. The molecule has 2 fully saturated rings. The number of alkyl halides is 1. The van der Waals surface area contributed by atoms with E-state index in [2.05, 4.69) is 28.1 Å². The molecule has 0 aromatic carbocycles. The average molecular weight is 305 g/mol. The van der Waals surface area contributed by atoms with Crippen LogP contribution in [0.4, 0.5) is 0 Å². The minimum Gasteiger partial charge on any atom is -0.229 e. The SMILES string of the molecule is O=S1(=O)C[C@]23C=C[C@H](Br)C[C@@]2(CCCC3)C1. The van der Waals surface area contributed by atoms with E-state index in [9.17, 15) is 8.42 Å². The van der Waals surface area contributed by atoms with Crippen LogP contribution in [0.15, 0.2) is 12.2 Å². The van der Waals surface area contributed by atoms with Gasteiger partial charge >= 0.3 is 0 Å². The molecule has 16 heavy (non-hydrogen) atoms. The zero-order valence-corrected chi connectivity index (χ0v) is 11.7. The summed E-state index contributed by atoms with van der Waals surface area (Å²) in [6.45, 7) is 0. The summed E-state index contributed by atoms with van der Waals surface area (Å²) >= 11 is 3.63. The molecule has 1 saturated carbocycles. The Morgan fingerprint density at radius 3 is 2.75 bits per heavy atom. The van der Waals surface area contributed by atoms with Crippen LogP contribution in [0.5, 0.6) is 0 Å². The first-order valence-corrected chi connectivity index (χ1v) is 8.75.